The van der Waals surface area contributed by atoms with Crippen LogP contribution in [0, 0.1) is 0 Å². The number of carboxylic acid groups (broad SMARTS) is 1. The van der Waals surface area contributed by atoms with Crippen molar-refractivity contribution in [3.8, 4) is 0 Å². The largest absolute Gasteiger partial charge is 0.475 e. The molecular weight excluding hydrogens is 421 g/mol. The van der Waals surface area contributed by atoms with Crippen LogP contribution in [0.5, 0.6) is 0 Å². The molecule has 1 aliphatic heterocycles. The molecule has 1 radical (unpaired) electrons. The first-order chi connectivity index (χ1) is 12.4. The number of carbonyl (C=O) groups excluding carboxylic acids is 1. The fourth-order valence-corrected chi connectivity index (χ4v) is 2.55. The third kappa shape index (κ3) is 7.62. The molecule has 0 aromatic carbocycles. The van der Waals surface area contributed by atoms with Gasteiger partial charge in [0.1, 0.15) is 30.7 Å². The second kappa shape index (κ2) is 11.5. The molecule has 16 heteroatoms. The molecule has 8 N–H and O–H groups in total. The molecule has 1 rings (SSSR count). The number of carboxylic acids is 1. The number of hydrogen-bond acceptors (Lipinski definition) is 12. The molecule has 0 spiro atoms. The molecule has 0 saturated heterocycles. The van der Waals surface area contributed by atoms with Crippen molar-refractivity contribution in [1.82, 2.24) is 0 Å². The van der Waals surface area contributed by atoms with Crippen molar-refractivity contribution in [2.75, 3.05) is 6.61 Å². The average Bonchev–Trinajstić information content (AvgIpc) is 2.58. The number of rotatable bonds is 10. The van der Waals surface area contributed by atoms with Gasteiger partial charge in [-0.2, -0.15) is 8.42 Å². The number of aliphatic hydroxyl groups is 4. The van der Waals surface area contributed by atoms with Crippen molar-refractivity contribution in [2.24, 2.45) is 5.73 Å². The first-order valence-corrected chi connectivity index (χ1v) is 8.56. The van der Waals surface area contributed by atoms with Gasteiger partial charge in [-0.3, -0.25) is 4.55 Å². The molecule has 0 aromatic heterocycles. The number of ether oxygens (including phenoxy) is 2. The Labute approximate surface area is 180 Å². The summed E-state index contributed by atoms with van der Waals surface area (Å²) in [5.41, 5.74) is 5.30. The molecule has 28 heavy (non-hydrogen) atoms. The maximum absolute atomic E-state index is 11.0. The fourth-order valence-electron chi connectivity index (χ4n) is 2.07. The van der Waals surface area contributed by atoms with Crippen molar-refractivity contribution in [3.05, 3.63) is 11.8 Å². The van der Waals surface area contributed by atoms with Gasteiger partial charge in [-0.25, -0.2) is 8.98 Å². The fraction of sp³-hybridized carbons (Fsp3) is 0.667. The summed E-state index contributed by atoms with van der Waals surface area (Å²) in [6.07, 6.45) is -11.3. The van der Waals surface area contributed by atoms with Gasteiger partial charge >= 0.3 is 16.4 Å². The molecule has 0 bridgehead atoms. The van der Waals surface area contributed by atoms with Gasteiger partial charge in [0.15, 0.2) is 6.10 Å². The number of aldehydes is 1. The molecule has 157 valence electrons. The van der Waals surface area contributed by atoms with Gasteiger partial charge in [-0.05, 0) is 6.08 Å². The molecule has 0 amide bonds. The van der Waals surface area contributed by atoms with E-state index in [1.54, 1.807) is 0 Å². The van der Waals surface area contributed by atoms with E-state index in [2.05, 4.69) is 4.18 Å². The zero-order valence-electron chi connectivity index (χ0n) is 14.4. The van der Waals surface area contributed by atoms with Crippen LogP contribution in [-0.2, 0) is 33.6 Å². The molecule has 0 aromatic rings. The van der Waals surface area contributed by atoms with Crippen molar-refractivity contribution < 1.29 is 61.7 Å². The first-order valence-electron chi connectivity index (χ1n) is 7.20. The number of aliphatic hydroxyl groups excluding tert-OH is 4. The van der Waals surface area contributed by atoms with E-state index in [1.807, 2.05) is 0 Å². The van der Waals surface area contributed by atoms with Crippen LogP contribution in [0.15, 0.2) is 11.8 Å². The van der Waals surface area contributed by atoms with E-state index < -0.39 is 71.6 Å². The molecule has 14 nitrogen and oxygen atoms in total. The number of hydrogen-bond donors (Lipinski definition) is 7. The van der Waals surface area contributed by atoms with E-state index in [9.17, 15) is 33.3 Å². The Bertz CT molecular complexity index is 670. The summed E-state index contributed by atoms with van der Waals surface area (Å²) in [5.74, 6) is -2.61. The van der Waals surface area contributed by atoms with Crippen LogP contribution in [0.3, 0.4) is 0 Å². The second-order valence-electron chi connectivity index (χ2n) is 5.36. The van der Waals surface area contributed by atoms with Gasteiger partial charge in [0.25, 0.3) is 0 Å². The third-order valence-corrected chi connectivity index (χ3v) is 3.82. The Morgan fingerprint density at radius 2 is 1.96 bits per heavy atom. The van der Waals surface area contributed by atoms with E-state index in [4.69, 9.17) is 30.0 Å². The molecule has 0 aliphatic carbocycles. The van der Waals surface area contributed by atoms with Crippen LogP contribution in [-0.4, -0.2) is 130 Å². The average molecular weight is 440 g/mol. The minimum Gasteiger partial charge on any atom is -0.475 e. The topological polar surface area (TPSA) is 243 Å². The van der Waals surface area contributed by atoms with Crippen molar-refractivity contribution in [2.45, 2.75) is 42.9 Å². The van der Waals surface area contributed by atoms with Crippen LogP contribution in [0.4, 0.5) is 0 Å². The molecule has 7 atom stereocenters. The van der Waals surface area contributed by atoms with E-state index >= 15 is 0 Å². The second-order valence-corrected chi connectivity index (χ2v) is 6.40. The van der Waals surface area contributed by atoms with Crippen molar-refractivity contribution in [3.63, 3.8) is 0 Å². The molecule has 1 aliphatic rings. The summed E-state index contributed by atoms with van der Waals surface area (Å²) in [5, 5.41) is 47.6. The minimum atomic E-state index is -5.18. The molecular formula is C12H19NNaO13S. The van der Waals surface area contributed by atoms with E-state index in [0.29, 0.717) is 6.08 Å². The predicted octanol–water partition coefficient (Wildman–Crippen LogP) is -4.90. The van der Waals surface area contributed by atoms with Gasteiger partial charge in [-0.15, -0.1) is 0 Å². The number of carbonyl (C=O) groups is 2. The maximum Gasteiger partial charge on any atom is 0.397 e. The van der Waals surface area contributed by atoms with E-state index in [-0.39, 0.29) is 35.8 Å². The van der Waals surface area contributed by atoms with Crippen LogP contribution in [0.1, 0.15) is 0 Å². The van der Waals surface area contributed by atoms with Crippen molar-refractivity contribution >= 4 is 52.2 Å². The Balaban J connectivity index is 0.00000729. The summed E-state index contributed by atoms with van der Waals surface area (Å²) in [6, 6.07) is -1.62. The first kappa shape index (κ1) is 27.3. The summed E-state index contributed by atoms with van der Waals surface area (Å²) < 4.78 is 44.7. The van der Waals surface area contributed by atoms with Crippen LogP contribution in [0.25, 0.3) is 0 Å². The smallest absolute Gasteiger partial charge is 0.397 e. The Morgan fingerprint density at radius 3 is 2.39 bits per heavy atom. The summed E-state index contributed by atoms with van der Waals surface area (Å²) >= 11 is 0. The van der Waals surface area contributed by atoms with Crippen LogP contribution < -0.4 is 5.73 Å². The maximum atomic E-state index is 11.0. The van der Waals surface area contributed by atoms with Gasteiger partial charge in [0.2, 0.25) is 12.0 Å². The van der Waals surface area contributed by atoms with Crippen LogP contribution in [0.2, 0.25) is 0 Å². The molecule has 0 fully saturated rings. The Hall–Kier alpha value is -0.690. The monoisotopic (exact) mass is 440 g/mol. The quantitative estimate of drug-likeness (QED) is 0.0956. The summed E-state index contributed by atoms with van der Waals surface area (Å²) in [4.78, 5) is 21.7. The van der Waals surface area contributed by atoms with Crippen LogP contribution >= 0.6 is 0 Å². The minimum absolute atomic E-state index is 0. The zero-order valence-corrected chi connectivity index (χ0v) is 17.2. The standard InChI is InChI=1S/C12H19NO13S.Na/c13-4(2-14)8(18)9(6(17)3-15)25-12-10(26-27(21,22)23)5(16)1-7(24-12)11(19)20;/h1-2,4-6,8-10,12,15-18H,3,13H2,(H,19,20)(H,21,22,23);. The Kier molecular flexibility index (Phi) is 11.2. The van der Waals surface area contributed by atoms with Gasteiger partial charge in [-0.1, -0.05) is 0 Å². The Morgan fingerprint density at radius 1 is 1.39 bits per heavy atom. The zero-order chi connectivity index (χ0) is 20.9. The normalized spacial score (nSPS) is 26.6. The van der Waals surface area contributed by atoms with Gasteiger partial charge in [0.05, 0.1) is 12.6 Å². The van der Waals surface area contributed by atoms with E-state index in [0.717, 1.165) is 0 Å². The SMILES string of the molecule is NC(C=O)C(O)C(OC1OC(C(=O)O)=CC(O)C1OS(=O)(=O)O)C(O)CO.[Na]. The van der Waals surface area contributed by atoms with Crippen molar-refractivity contribution in [1.29, 1.82) is 0 Å². The molecule has 0 saturated carbocycles. The van der Waals surface area contributed by atoms with Gasteiger partial charge < -0.3 is 45.5 Å². The number of aliphatic carboxylic acids is 1. The summed E-state index contributed by atoms with van der Waals surface area (Å²) in [6.45, 7) is -1.02. The third-order valence-electron chi connectivity index (χ3n) is 3.36. The van der Waals surface area contributed by atoms with Gasteiger partial charge in [0, 0.05) is 29.6 Å². The summed E-state index contributed by atoms with van der Waals surface area (Å²) in [7, 11) is -5.18. The number of nitrogens with two attached hydrogens (primary N) is 1. The predicted molar refractivity (Wildman–Crippen MR) is 86.8 cm³/mol. The van der Waals surface area contributed by atoms with E-state index in [1.165, 1.54) is 0 Å². The molecule has 7 unspecified atom stereocenters. The molecule has 1 heterocycles.